The summed E-state index contributed by atoms with van der Waals surface area (Å²) < 4.78 is 0. The largest absolute Gasteiger partial charge is 0.354 e. The molecule has 2 fully saturated rings. The number of piperidine rings is 1. The van der Waals surface area contributed by atoms with Gasteiger partial charge in [0.15, 0.2) is 0 Å². The van der Waals surface area contributed by atoms with E-state index in [0.717, 1.165) is 18.6 Å². The molecule has 2 rings (SSSR count). The first-order valence-corrected chi connectivity index (χ1v) is 7.24. The zero-order valence-corrected chi connectivity index (χ0v) is 11.9. The summed E-state index contributed by atoms with van der Waals surface area (Å²) in [5.74, 6) is 0.858. The van der Waals surface area contributed by atoms with Gasteiger partial charge in [0.25, 0.3) is 0 Å². The van der Waals surface area contributed by atoms with Gasteiger partial charge in [0.2, 0.25) is 5.91 Å². The molecule has 0 aromatic carbocycles. The molecular weight excluding hydrogens is 226 g/mol. The van der Waals surface area contributed by atoms with Gasteiger partial charge < -0.3 is 16.0 Å². The zero-order valence-electron chi connectivity index (χ0n) is 11.9. The molecule has 104 valence electrons. The smallest absolute Gasteiger partial charge is 0.237 e. The number of carbonyl (C=O) groups is 1. The maximum Gasteiger partial charge on any atom is 0.237 e. The van der Waals surface area contributed by atoms with E-state index in [1.54, 1.807) is 0 Å². The molecule has 0 aromatic heterocycles. The molecule has 0 radical (unpaired) electrons. The molecule has 3 N–H and O–H groups in total. The second-order valence-electron chi connectivity index (χ2n) is 6.40. The van der Waals surface area contributed by atoms with Gasteiger partial charge in [-0.1, -0.05) is 13.8 Å². The van der Waals surface area contributed by atoms with Crippen molar-refractivity contribution in [3.05, 3.63) is 0 Å². The molecule has 2 aliphatic heterocycles. The standard InChI is InChI=1S/C14H27N3O/c1-9(2)13(15)14(18)16-8-10-6-11-4-5-12(7-10)17(11)3/h9-13H,4-8,15H2,1-3H3,(H,16,18)/t10?,11?,12?,13-/m1/s1. The Bertz CT molecular complexity index is 291. The number of nitrogens with zero attached hydrogens (tertiary/aromatic N) is 1. The van der Waals surface area contributed by atoms with Gasteiger partial charge in [0.1, 0.15) is 0 Å². The monoisotopic (exact) mass is 253 g/mol. The van der Waals surface area contributed by atoms with Crippen LogP contribution in [0.4, 0.5) is 0 Å². The highest BCUT2D eigenvalue weighted by atomic mass is 16.2. The third-order valence-corrected chi connectivity index (χ3v) is 4.78. The predicted octanol–water partition coefficient (Wildman–Crippen LogP) is 0.959. The van der Waals surface area contributed by atoms with Crippen molar-refractivity contribution in [1.82, 2.24) is 10.2 Å². The fourth-order valence-corrected chi connectivity index (χ4v) is 3.36. The van der Waals surface area contributed by atoms with Crippen LogP contribution < -0.4 is 11.1 Å². The van der Waals surface area contributed by atoms with Gasteiger partial charge in [0.05, 0.1) is 6.04 Å². The van der Waals surface area contributed by atoms with Gasteiger partial charge in [-0.25, -0.2) is 0 Å². The minimum Gasteiger partial charge on any atom is -0.354 e. The lowest BCUT2D eigenvalue weighted by molar-refractivity contribution is -0.123. The lowest BCUT2D eigenvalue weighted by Crippen LogP contribution is -2.48. The van der Waals surface area contributed by atoms with Crippen LogP contribution in [0.2, 0.25) is 0 Å². The summed E-state index contributed by atoms with van der Waals surface area (Å²) in [7, 11) is 2.24. The van der Waals surface area contributed by atoms with E-state index in [-0.39, 0.29) is 17.9 Å². The van der Waals surface area contributed by atoms with Gasteiger partial charge in [-0.15, -0.1) is 0 Å². The fraction of sp³-hybridized carbons (Fsp3) is 0.929. The zero-order chi connectivity index (χ0) is 13.3. The van der Waals surface area contributed by atoms with Crippen molar-refractivity contribution in [1.29, 1.82) is 0 Å². The number of nitrogens with one attached hydrogen (secondary N) is 1. The lowest BCUT2D eigenvalue weighted by Gasteiger charge is -2.36. The minimum absolute atomic E-state index is 0.0104. The number of nitrogens with two attached hydrogens (primary N) is 1. The Labute approximate surface area is 110 Å². The molecule has 2 unspecified atom stereocenters. The van der Waals surface area contributed by atoms with Gasteiger partial charge >= 0.3 is 0 Å². The van der Waals surface area contributed by atoms with E-state index in [1.807, 2.05) is 13.8 Å². The topological polar surface area (TPSA) is 58.4 Å². The second kappa shape index (κ2) is 5.57. The summed E-state index contributed by atoms with van der Waals surface area (Å²) in [6.07, 6.45) is 5.11. The molecule has 2 saturated heterocycles. The van der Waals surface area contributed by atoms with Crippen molar-refractivity contribution in [3.63, 3.8) is 0 Å². The SMILES string of the molecule is CC(C)[C@@H](N)C(=O)NCC1CC2CCC(C1)N2C. The fourth-order valence-electron chi connectivity index (χ4n) is 3.36. The van der Waals surface area contributed by atoms with E-state index in [1.165, 1.54) is 25.7 Å². The van der Waals surface area contributed by atoms with Gasteiger partial charge in [0, 0.05) is 18.6 Å². The van der Waals surface area contributed by atoms with Gasteiger partial charge in [-0.05, 0) is 44.6 Å². The Morgan fingerprint density at radius 2 is 1.89 bits per heavy atom. The Morgan fingerprint density at radius 1 is 1.33 bits per heavy atom. The second-order valence-corrected chi connectivity index (χ2v) is 6.40. The van der Waals surface area contributed by atoms with E-state index in [4.69, 9.17) is 5.73 Å². The normalized spacial score (nSPS) is 33.7. The van der Waals surface area contributed by atoms with Crippen LogP contribution in [-0.2, 0) is 4.79 Å². The Kier molecular flexibility index (Phi) is 4.28. The molecule has 18 heavy (non-hydrogen) atoms. The predicted molar refractivity (Wildman–Crippen MR) is 73.1 cm³/mol. The highest BCUT2D eigenvalue weighted by Crippen LogP contribution is 2.36. The van der Waals surface area contributed by atoms with Crippen LogP contribution in [0.15, 0.2) is 0 Å². The third-order valence-electron chi connectivity index (χ3n) is 4.78. The first-order chi connectivity index (χ1) is 8.49. The summed E-state index contributed by atoms with van der Waals surface area (Å²) in [5.41, 5.74) is 5.84. The Balaban J connectivity index is 1.77. The summed E-state index contributed by atoms with van der Waals surface area (Å²) in [5, 5.41) is 3.03. The van der Waals surface area contributed by atoms with Crippen molar-refractivity contribution in [2.75, 3.05) is 13.6 Å². The molecule has 2 heterocycles. The molecule has 0 spiro atoms. The molecule has 0 aromatic rings. The summed E-state index contributed by atoms with van der Waals surface area (Å²) >= 11 is 0. The quantitative estimate of drug-likeness (QED) is 0.784. The molecule has 2 bridgehead atoms. The number of rotatable bonds is 4. The van der Waals surface area contributed by atoms with Crippen LogP contribution in [0.5, 0.6) is 0 Å². The third kappa shape index (κ3) is 2.86. The minimum atomic E-state index is -0.368. The summed E-state index contributed by atoms with van der Waals surface area (Å²) in [4.78, 5) is 14.3. The molecule has 0 aliphatic carbocycles. The van der Waals surface area contributed by atoms with Crippen LogP contribution >= 0.6 is 0 Å². The van der Waals surface area contributed by atoms with Crippen LogP contribution in [0, 0.1) is 11.8 Å². The van der Waals surface area contributed by atoms with Gasteiger partial charge in [-0.2, -0.15) is 0 Å². The number of amides is 1. The van der Waals surface area contributed by atoms with E-state index in [0.29, 0.717) is 5.92 Å². The van der Waals surface area contributed by atoms with E-state index in [9.17, 15) is 4.79 Å². The lowest BCUT2D eigenvalue weighted by atomic mass is 9.91. The van der Waals surface area contributed by atoms with E-state index < -0.39 is 0 Å². The molecular formula is C14H27N3O. The van der Waals surface area contributed by atoms with Gasteiger partial charge in [-0.3, -0.25) is 4.79 Å². The molecule has 3 atom stereocenters. The average molecular weight is 253 g/mol. The number of hydrogen-bond donors (Lipinski definition) is 2. The first-order valence-electron chi connectivity index (χ1n) is 7.24. The molecule has 2 aliphatic rings. The Morgan fingerprint density at radius 3 is 2.39 bits per heavy atom. The molecule has 1 amide bonds. The molecule has 4 heteroatoms. The maximum absolute atomic E-state index is 11.8. The Hall–Kier alpha value is -0.610. The average Bonchev–Trinajstić information content (AvgIpc) is 2.56. The van der Waals surface area contributed by atoms with Crippen molar-refractivity contribution >= 4 is 5.91 Å². The van der Waals surface area contributed by atoms with E-state index in [2.05, 4.69) is 17.3 Å². The highest BCUT2D eigenvalue weighted by Gasteiger charge is 2.38. The van der Waals surface area contributed by atoms with Crippen molar-refractivity contribution in [3.8, 4) is 0 Å². The van der Waals surface area contributed by atoms with Crippen LogP contribution in [0.25, 0.3) is 0 Å². The summed E-state index contributed by atoms with van der Waals surface area (Å²) in [6, 6.07) is 1.11. The van der Waals surface area contributed by atoms with Crippen molar-refractivity contribution in [2.24, 2.45) is 17.6 Å². The first kappa shape index (κ1) is 13.8. The number of carbonyl (C=O) groups excluding carboxylic acids is 1. The summed E-state index contributed by atoms with van der Waals surface area (Å²) in [6.45, 7) is 4.78. The molecule has 0 saturated carbocycles. The van der Waals surface area contributed by atoms with Crippen LogP contribution in [0.1, 0.15) is 39.5 Å². The van der Waals surface area contributed by atoms with Crippen molar-refractivity contribution in [2.45, 2.75) is 57.7 Å². The van der Waals surface area contributed by atoms with Crippen LogP contribution in [-0.4, -0.2) is 42.5 Å². The van der Waals surface area contributed by atoms with Crippen LogP contribution in [0.3, 0.4) is 0 Å². The number of fused-ring (bicyclic) bond motifs is 2. The highest BCUT2D eigenvalue weighted by molar-refractivity contribution is 5.81. The maximum atomic E-state index is 11.8. The molecule has 4 nitrogen and oxygen atoms in total. The van der Waals surface area contributed by atoms with Crippen molar-refractivity contribution < 1.29 is 4.79 Å². The van der Waals surface area contributed by atoms with E-state index >= 15 is 0 Å². The number of hydrogen-bond acceptors (Lipinski definition) is 3.